The van der Waals surface area contributed by atoms with Crippen molar-refractivity contribution in [3.05, 3.63) is 63.9 Å². The van der Waals surface area contributed by atoms with Crippen molar-refractivity contribution in [1.29, 1.82) is 0 Å². The van der Waals surface area contributed by atoms with E-state index in [2.05, 4.69) is 9.71 Å². The highest BCUT2D eigenvalue weighted by Gasteiger charge is 2.17. The third kappa shape index (κ3) is 4.38. The predicted octanol–water partition coefficient (Wildman–Crippen LogP) is 3.69. The Morgan fingerprint density at radius 2 is 1.84 bits per heavy atom. The van der Waals surface area contributed by atoms with Gasteiger partial charge in [0.15, 0.2) is 0 Å². The standard InChI is InChI=1S/C17H15ClN2O3S2/c18-14-3-1-2-4-16(14)25(22,23)19-10-9-17-20-15(11-24-17)12-5-7-13(21)8-6-12/h1-8,11,19,21H,9-10H2. The van der Waals surface area contributed by atoms with Crippen LogP contribution in [0.15, 0.2) is 58.8 Å². The molecule has 0 aliphatic carbocycles. The Hall–Kier alpha value is -1.93. The second kappa shape index (κ2) is 7.53. The first-order valence-corrected chi connectivity index (χ1v) is 10.2. The van der Waals surface area contributed by atoms with Gasteiger partial charge in [0, 0.05) is 23.9 Å². The number of aromatic nitrogens is 1. The average Bonchev–Trinajstić information content (AvgIpc) is 3.04. The maximum atomic E-state index is 12.3. The molecule has 3 aromatic rings. The van der Waals surface area contributed by atoms with Crippen molar-refractivity contribution in [1.82, 2.24) is 9.71 Å². The molecule has 0 radical (unpaired) electrons. The van der Waals surface area contributed by atoms with E-state index >= 15 is 0 Å². The zero-order valence-electron chi connectivity index (χ0n) is 13.0. The highest BCUT2D eigenvalue weighted by atomic mass is 35.5. The van der Waals surface area contributed by atoms with Crippen LogP contribution in [0.2, 0.25) is 5.02 Å². The van der Waals surface area contributed by atoms with Crippen LogP contribution in [0.1, 0.15) is 5.01 Å². The molecular weight excluding hydrogens is 380 g/mol. The van der Waals surface area contributed by atoms with Gasteiger partial charge in [0.1, 0.15) is 10.6 Å². The molecule has 130 valence electrons. The molecule has 0 aliphatic heterocycles. The third-order valence-corrected chi connectivity index (χ3v) is 6.34. The van der Waals surface area contributed by atoms with Crippen LogP contribution in [0.5, 0.6) is 5.75 Å². The number of nitrogens with one attached hydrogen (secondary N) is 1. The molecule has 3 rings (SSSR count). The first kappa shape index (κ1) is 17.9. The molecular formula is C17H15ClN2O3S2. The Morgan fingerprint density at radius 1 is 1.12 bits per heavy atom. The van der Waals surface area contributed by atoms with Gasteiger partial charge < -0.3 is 5.11 Å². The van der Waals surface area contributed by atoms with Gasteiger partial charge in [-0.2, -0.15) is 0 Å². The fourth-order valence-corrected chi connectivity index (χ4v) is 4.58. The van der Waals surface area contributed by atoms with Gasteiger partial charge >= 0.3 is 0 Å². The van der Waals surface area contributed by atoms with Crippen molar-refractivity contribution < 1.29 is 13.5 Å². The van der Waals surface area contributed by atoms with Crippen LogP contribution in [0.4, 0.5) is 0 Å². The lowest BCUT2D eigenvalue weighted by Crippen LogP contribution is -2.26. The van der Waals surface area contributed by atoms with E-state index in [9.17, 15) is 13.5 Å². The number of thiazole rings is 1. The van der Waals surface area contributed by atoms with Crippen molar-refractivity contribution in [3.63, 3.8) is 0 Å². The zero-order chi connectivity index (χ0) is 17.9. The summed E-state index contributed by atoms with van der Waals surface area (Å²) in [5.41, 5.74) is 1.70. The molecule has 0 atom stereocenters. The first-order chi connectivity index (χ1) is 12.0. The van der Waals surface area contributed by atoms with Crippen molar-refractivity contribution in [2.45, 2.75) is 11.3 Å². The summed E-state index contributed by atoms with van der Waals surface area (Å²) in [6.07, 6.45) is 0.479. The number of sulfonamides is 1. The average molecular weight is 395 g/mol. The van der Waals surface area contributed by atoms with Crippen molar-refractivity contribution in [2.75, 3.05) is 6.54 Å². The van der Waals surface area contributed by atoms with Gasteiger partial charge in [0.25, 0.3) is 0 Å². The molecule has 8 heteroatoms. The normalized spacial score (nSPS) is 11.6. The number of rotatable bonds is 6. The summed E-state index contributed by atoms with van der Waals surface area (Å²) >= 11 is 7.40. The Balaban J connectivity index is 1.63. The lowest BCUT2D eigenvalue weighted by molar-refractivity contribution is 0.475. The third-order valence-electron chi connectivity index (χ3n) is 3.47. The fraction of sp³-hybridized carbons (Fsp3) is 0.118. The number of phenolic OH excluding ortho intramolecular Hbond substituents is 1. The molecule has 0 saturated carbocycles. The lowest BCUT2D eigenvalue weighted by Gasteiger charge is -2.07. The second-order valence-corrected chi connectivity index (χ2v) is 8.34. The van der Waals surface area contributed by atoms with E-state index < -0.39 is 10.0 Å². The number of hydrogen-bond donors (Lipinski definition) is 2. The summed E-state index contributed by atoms with van der Waals surface area (Å²) in [4.78, 5) is 4.57. The highest BCUT2D eigenvalue weighted by molar-refractivity contribution is 7.89. The Labute approximate surface area is 155 Å². The summed E-state index contributed by atoms with van der Waals surface area (Å²) in [6.45, 7) is 0.232. The Kier molecular flexibility index (Phi) is 5.39. The van der Waals surface area contributed by atoms with Crippen LogP contribution in [-0.2, 0) is 16.4 Å². The minimum atomic E-state index is -3.64. The smallest absolute Gasteiger partial charge is 0.242 e. The lowest BCUT2D eigenvalue weighted by atomic mass is 10.2. The summed E-state index contributed by atoms with van der Waals surface area (Å²) in [6, 6.07) is 13.1. The van der Waals surface area contributed by atoms with E-state index in [1.54, 1.807) is 42.5 Å². The topological polar surface area (TPSA) is 79.3 Å². The number of halogens is 1. The van der Waals surface area contributed by atoms with Gasteiger partial charge in [-0.15, -0.1) is 11.3 Å². The highest BCUT2D eigenvalue weighted by Crippen LogP contribution is 2.24. The summed E-state index contributed by atoms with van der Waals surface area (Å²) in [7, 11) is -3.64. The molecule has 25 heavy (non-hydrogen) atoms. The molecule has 0 amide bonds. The van der Waals surface area contributed by atoms with E-state index in [0.29, 0.717) is 6.42 Å². The summed E-state index contributed by atoms with van der Waals surface area (Å²) in [5.74, 6) is 0.202. The molecule has 1 heterocycles. The maximum absolute atomic E-state index is 12.3. The molecule has 5 nitrogen and oxygen atoms in total. The van der Waals surface area contributed by atoms with Crippen LogP contribution >= 0.6 is 22.9 Å². The molecule has 0 spiro atoms. The summed E-state index contributed by atoms with van der Waals surface area (Å²) in [5, 5.41) is 12.2. The second-order valence-electron chi connectivity index (χ2n) is 5.25. The van der Waals surface area contributed by atoms with Crippen LogP contribution in [0.3, 0.4) is 0 Å². The monoisotopic (exact) mass is 394 g/mol. The van der Waals surface area contributed by atoms with Crippen LogP contribution in [0.25, 0.3) is 11.3 Å². The number of benzene rings is 2. The molecule has 1 aromatic heterocycles. The van der Waals surface area contributed by atoms with Crippen LogP contribution in [-0.4, -0.2) is 25.1 Å². The minimum absolute atomic E-state index is 0.0700. The number of nitrogens with zero attached hydrogens (tertiary/aromatic N) is 1. The van der Waals surface area contributed by atoms with Crippen LogP contribution < -0.4 is 4.72 Å². The van der Waals surface area contributed by atoms with Gasteiger partial charge in [0.2, 0.25) is 10.0 Å². The van der Waals surface area contributed by atoms with Gasteiger partial charge in [-0.3, -0.25) is 0 Å². The Bertz CT molecular complexity index is 970. The van der Waals surface area contributed by atoms with Gasteiger partial charge in [-0.1, -0.05) is 23.7 Å². The molecule has 2 aromatic carbocycles. The largest absolute Gasteiger partial charge is 0.508 e. The summed E-state index contributed by atoms with van der Waals surface area (Å²) < 4.78 is 27.1. The van der Waals surface area contributed by atoms with Crippen molar-refractivity contribution >= 4 is 33.0 Å². The molecule has 0 aliphatic rings. The number of phenols is 1. The Morgan fingerprint density at radius 3 is 2.56 bits per heavy atom. The molecule has 0 bridgehead atoms. The van der Waals surface area contributed by atoms with Crippen LogP contribution in [0, 0.1) is 0 Å². The fourth-order valence-electron chi connectivity index (χ4n) is 2.22. The first-order valence-electron chi connectivity index (χ1n) is 7.44. The van der Waals surface area contributed by atoms with Gasteiger partial charge in [-0.05, 0) is 36.4 Å². The zero-order valence-corrected chi connectivity index (χ0v) is 15.4. The molecule has 0 saturated heterocycles. The van der Waals surface area contributed by atoms with E-state index in [1.165, 1.54) is 17.4 Å². The van der Waals surface area contributed by atoms with Gasteiger partial charge in [-0.25, -0.2) is 18.1 Å². The van der Waals surface area contributed by atoms with Gasteiger partial charge in [0.05, 0.1) is 15.7 Å². The quantitative estimate of drug-likeness (QED) is 0.668. The van der Waals surface area contributed by atoms with E-state index in [-0.39, 0.29) is 22.2 Å². The predicted molar refractivity (Wildman–Crippen MR) is 99.6 cm³/mol. The minimum Gasteiger partial charge on any atom is -0.508 e. The van der Waals surface area contributed by atoms with E-state index in [4.69, 9.17) is 11.6 Å². The SMILES string of the molecule is O=S(=O)(NCCc1nc(-c2ccc(O)cc2)cs1)c1ccccc1Cl. The molecule has 0 fully saturated rings. The van der Waals surface area contributed by atoms with E-state index in [1.807, 2.05) is 5.38 Å². The number of hydrogen-bond acceptors (Lipinski definition) is 5. The molecule has 2 N–H and O–H groups in total. The maximum Gasteiger partial charge on any atom is 0.242 e. The van der Waals surface area contributed by atoms with E-state index in [0.717, 1.165) is 16.3 Å². The number of aromatic hydroxyl groups is 1. The van der Waals surface area contributed by atoms with Crippen molar-refractivity contribution in [3.8, 4) is 17.0 Å². The van der Waals surface area contributed by atoms with Crippen molar-refractivity contribution in [2.24, 2.45) is 0 Å². The molecule has 0 unspecified atom stereocenters.